The van der Waals surface area contributed by atoms with Gasteiger partial charge in [-0.05, 0) is 47.6 Å². The molecule has 0 aliphatic carbocycles. The third-order valence-electron chi connectivity index (χ3n) is 4.46. The smallest absolute Gasteiger partial charge is 0.291 e. The Kier molecular flexibility index (Phi) is 4.29. The number of fused-ring (bicyclic) bond motifs is 2. The molecule has 0 spiro atoms. The van der Waals surface area contributed by atoms with Crippen molar-refractivity contribution in [3.05, 3.63) is 91.8 Å². The van der Waals surface area contributed by atoms with Gasteiger partial charge in [-0.25, -0.2) is 4.39 Å². The first-order valence-corrected chi connectivity index (χ1v) is 9.75. The van der Waals surface area contributed by atoms with E-state index in [1.54, 1.807) is 24.3 Å². The summed E-state index contributed by atoms with van der Waals surface area (Å²) in [7, 11) is 0. The maximum Gasteiger partial charge on any atom is 0.291 e. The number of nitrogens with zero attached hydrogens (tertiary/aromatic N) is 3. The summed E-state index contributed by atoms with van der Waals surface area (Å²) in [5, 5.41) is 4.27. The van der Waals surface area contributed by atoms with E-state index in [0.29, 0.717) is 21.9 Å². The molecule has 0 amide bonds. The van der Waals surface area contributed by atoms with E-state index in [0.717, 1.165) is 22.4 Å². The number of halogens is 1. The predicted molar refractivity (Wildman–Crippen MR) is 112 cm³/mol. The minimum Gasteiger partial charge on any atom is -0.488 e. The Morgan fingerprint density at radius 1 is 1.10 bits per heavy atom. The van der Waals surface area contributed by atoms with Crippen molar-refractivity contribution in [2.24, 2.45) is 0 Å². The fourth-order valence-electron chi connectivity index (χ4n) is 3.05. The summed E-state index contributed by atoms with van der Waals surface area (Å²) in [6.07, 6.45) is 7.32. The molecule has 0 fully saturated rings. The molecule has 0 N–H and O–H groups in total. The van der Waals surface area contributed by atoms with Crippen molar-refractivity contribution < 1.29 is 9.13 Å². The van der Waals surface area contributed by atoms with Crippen LogP contribution in [0.15, 0.2) is 58.9 Å². The van der Waals surface area contributed by atoms with Gasteiger partial charge in [-0.3, -0.25) is 4.79 Å². The lowest BCUT2D eigenvalue weighted by molar-refractivity contribution is 0.352. The molecule has 0 bridgehead atoms. The number of thiazole rings is 1. The molecule has 4 aromatic rings. The van der Waals surface area contributed by atoms with Crippen LogP contribution in [-0.2, 0) is 0 Å². The van der Waals surface area contributed by atoms with Gasteiger partial charge in [0.2, 0.25) is 4.96 Å². The Hall–Kier alpha value is -3.58. The zero-order valence-electron chi connectivity index (χ0n) is 15.1. The second-order valence-corrected chi connectivity index (χ2v) is 7.52. The van der Waals surface area contributed by atoms with Crippen molar-refractivity contribution in [2.45, 2.75) is 0 Å². The van der Waals surface area contributed by atoms with Gasteiger partial charge in [0, 0.05) is 5.56 Å². The highest BCUT2D eigenvalue weighted by Gasteiger charge is 2.12. The third kappa shape index (κ3) is 3.48. The van der Waals surface area contributed by atoms with Gasteiger partial charge in [-0.2, -0.15) is 9.50 Å². The van der Waals surface area contributed by atoms with E-state index in [9.17, 15) is 9.18 Å². The van der Waals surface area contributed by atoms with Crippen LogP contribution in [0.25, 0.3) is 29.3 Å². The average molecular weight is 403 g/mol. The van der Waals surface area contributed by atoms with Crippen LogP contribution < -0.4 is 14.8 Å². The molecule has 2 aromatic carbocycles. The highest BCUT2D eigenvalue weighted by atomic mass is 32.1. The highest BCUT2D eigenvalue weighted by Crippen LogP contribution is 2.26. The summed E-state index contributed by atoms with van der Waals surface area (Å²) in [4.78, 5) is 17.6. The van der Waals surface area contributed by atoms with Crippen LogP contribution in [0, 0.1) is 5.82 Å². The summed E-state index contributed by atoms with van der Waals surface area (Å²) >= 11 is 1.28. The maximum absolute atomic E-state index is 13.0. The molecule has 0 saturated heterocycles. The summed E-state index contributed by atoms with van der Waals surface area (Å²) in [6, 6.07) is 13.9. The van der Waals surface area contributed by atoms with Crippen molar-refractivity contribution in [1.29, 1.82) is 0 Å². The molecule has 0 atom stereocenters. The molecular formula is C22H14FN3O2S. The standard InChI is InChI=1S/C22H14FN3O2S/c23-17-8-5-14(6-9-17)7-10-20-24-22-26(25-20)21(27)19(29-22)12-15-11-16-3-1-2-4-18(16)28-13-15/h1-12H,13H2. The quantitative estimate of drug-likeness (QED) is 0.526. The number of ether oxygens (including phenoxy) is 1. The molecule has 142 valence electrons. The zero-order chi connectivity index (χ0) is 19.8. The predicted octanol–water partition coefficient (Wildman–Crippen LogP) is 3.44. The van der Waals surface area contributed by atoms with Crippen molar-refractivity contribution in [1.82, 2.24) is 14.6 Å². The van der Waals surface area contributed by atoms with E-state index in [1.165, 1.54) is 28.0 Å². The Morgan fingerprint density at radius 2 is 1.93 bits per heavy atom. The van der Waals surface area contributed by atoms with Gasteiger partial charge in [0.15, 0.2) is 5.82 Å². The molecule has 5 rings (SSSR count). The van der Waals surface area contributed by atoms with E-state index < -0.39 is 0 Å². The van der Waals surface area contributed by atoms with Gasteiger partial charge in [-0.15, -0.1) is 5.10 Å². The summed E-state index contributed by atoms with van der Waals surface area (Å²) in [5.74, 6) is 0.982. The Morgan fingerprint density at radius 3 is 2.76 bits per heavy atom. The first-order chi connectivity index (χ1) is 14.2. The highest BCUT2D eigenvalue weighted by molar-refractivity contribution is 7.15. The van der Waals surface area contributed by atoms with Crippen LogP contribution in [0.5, 0.6) is 5.75 Å². The Labute approximate surface area is 168 Å². The second-order valence-electron chi connectivity index (χ2n) is 6.51. The molecule has 5 nitrogen and oxygen atoms in total. The molecule has 3 heterocycles. The van der Waals surface area contributed by atoms with Gasteiger partial charge < -0.3 is 4.74 Å². The van der Waals surface area contributed by atoms with Crippen LogP contribution in [0.1, 0.15) is 17.0 Å². The molecule has 7 heteroatoms. The van der Waals surface area contributed by atoms with E-state index in [1.807, 2.05) is 36.4 Å². The van der Waals surface area contributed by atoms with Crippen molar-refractivity contribution in [2.75, 3.05) is 6.61 Å². The number of para-hydroxylation sites is 1. The van der Waals surface area contributed by atoms with E-state index in [-0.39, 0.29) is 11.4 Å². The lowest BCUT2D eigenvalue weighted by Crippen LogP contribution is -2.24. The Balaban J connectivity index is 1.45. The lowest BCUT2D eigenvalue weighted by Gasteiger charge is -2.15. The molecule has 2 aromatic heterocycles. The normalized spacial score (nSPS) is 14.2. The van der Waals surface area contributed by atoms with E-state index in [2.05, 4.69) is 10.1 Å². The van der Waals surface area contributed by atoms with Gasteiger partial charge in [0.25, 0.3) is 5.56 Å². The fourth-order valence-corrected chi connectivity index (χ4v) is 3.98. The third-order valence-corrected chi connectivity index (χ3v) is 5.42. The minimum atomic E-state index is -0.287. The monoisotopic (exact) mass is 403 g/mol. The lowest BCUT2D eigenvalue weighted by atomic mass is 10.1. The number of hydrogen-bond acceptors (Lipinski definition) is 5. The van der Waals surface area contributed by atoms with Crippen molar-refractivity contribution >= 4 is 40.6 Å². The Bertz CT molecular complexity index is 1380. The van der Waals surface area contributed by atoms with E-state index in [4.69, 9.17) is 4.74 Å². The maximum atomic E-state index is 13.0. The fraction of sp³-hybridized carbons (Fsp3) is 0.0455. The van der Waals surface area contributed by atoms with Crippen molar-refractivity contribution in [3.63, 3.8) is 0 Å². The van der Waals surface area contributed by atoms with Crippen LogP contribution in [-0.4, -0.2) is 21.2 Å². The topological polar surface area (TPSA) is 56.5 Å². The molecule has 0 radical (unpaired) electrons. The van der Waals surface area contributed by atoms with Crippen LogP contribution >= 0.6 is 11.3 Å². The van der Waals surface area contributed by atoms with Gasteiger partial charge in [0.1, 0.15) is 18.2 Å². The molecular weight excluding hydrogens is 389 g/mol. The van der Waals surface area contributed by atoms with Crippen LogP contribution in [0.4, 0.5) is 4.39 Å². The summed E-state index contributed by atoms with van der Waals surface area (Å²) < 4.78 is 20.6. The molecule has 0 saturated carbocycles. The number of hydrogen-bond donors (Lipinski definition) is 0. The van der Waals surface area contributed by atoms with Crippen LogP contribution in [0.2, 0.25) is 0 Å². The van der Waals surface area contributed by atoms with E-state index >= 15 is 0 Å². The molecule has 1 aliphatic rings. The average Bonchev–Trinajstić information content (AvgIpc) is 3.26. The van der Waals surface area contributed by atoms with Gasteiger partial charge in [0.05, 0.1) is 4.53 Å². The molecule has 1 aliphatic heterocycles. The first-order valence-electron chi connectivity index (χ1n) is 8.93. The number of aromatic nitrogens is 3. The molecule has 29 heavy (non-hydrogen) atoms. The second kappa shape index (κ2) is 7.10. The minimum absolute atomic E-state index is 0.210. The largest absolute Gasteiger partial charge is 0.488 e. The SMILES string of the molecule is O=c1c(=CC2=Cc3ccccc3OC2)sc2nc(C=Cc3ccc(F)cc3)nn12. The number of benzene rings is 2. The summed E-state index contributed by atoms with van der Waals surface area (Å²) in [5.41, 5.74) is 2.52. The zero-order valence-corrected chi connectivity index (χ0v) is 15.9. The van der Waals surface area contributed by atoms with Gasteiger partial charge >= 0.3 is 0 Å². The first kappa shape index (κ1) is 17.5. The number of rotatable bonds is 3. The molecule has 0 unspecified atom stereocenters. The van der Waals surface area contributed by atoms with Crippen LogP contribution in [0.3, 0.4) is 0 Å². The van der Waals surface area contributed by atoms with Gasteiger partial charge in [-0.1, -0.05) is 47.7 Å². The summed E-state index contributed by atoms with van der Waals surface area (Å²) in [6.45, 7) is 0.412. The van der Waals surface area contributed by atoms with Crippen molar-refractivity contribution in [3.8, 4) is 5.75 Å².